The number of aromatic nitrogens is 3. The second-order valence-electron chi connectivity index (χ2n) is 4.38. The fourth-order valence-corrected chi connectivity index (χ4v) is 1.80. The SMILES string of the molecule is Cl.NCCCNC(=O)CCn1nnc2ccccc2c1=O. The normalized spacial score (nSPS) is 10.1. The lowest BCUT2D eigenvalue weighted by atomic mass is 10.2. The number of nitrogens with one attached hydrogen (secondary N) is 1. The van der Waals surface area contributed by atoms with Crippen LogP contribution in [0.25, 0.3) is 10.9 Å². The predicted molar refractivity (Wildman–Crippen MR) is 82.3 cm³/mol. The van der Waals surface area contributed by atoms with Crippen molar-refractivity contribution in [2.45, 2.75) is 19.4 Å². The van der Waals surface area contributed by atoms with Gasteiger partial charge in [0.1, 0.15) is 5.52 Å². The van der Waals surface area contributed by atoms with Gasteiger partial charge < -0.3 is 11.1 Å². The van der Waals surface area contributed by atoms with Crippen molar-refractivity contribution in [2.24, 2.45) is 5.73 Å². The van der Waals surface area contributed by atoms with Crippen molar-refractivity contribution in [2.75, 3.05) is 13.1 Å². The summed E-state index contributed by atoms with van der Waals surface area (Å²) in [7, 11) is 0. The molecule has 0 bridgehead atoms. The second-order valence-corrected chi connectivity index (χ2v) is 4.38. The Balaban J connectivity index is 0.00000220. The van der Waals surface area contributed by atoms with E-state index in [-0.39, 0.29) is 36.8 Å². The highest BCUT2D eigenvalue weighted by Gasteiger charge is 2.07. The van der Waals surface area contributed by atoms with Crippen LogP contribution in [0.15, 0.2) is 29.1 Å². The minimum atomic E-state index is -0.231. The maximum Gasteiger partial charge on any atom is 0.277 e. The summed E-state index contributed by atoms with van der Waals surface area (Å²) in [6.07, 6.45) is 0.930. The summed E-state index contributed by atoms with van der Waals surface area (Å²) in [5.41, 5.74) is 5.66. The van der Waals surface area contributed by atoms with Crippen LogP contribution in [0.2, 0.25) is 0 Å². The highest BCUT2D eigenvalue weighted by atomic mass is 35.5. The molecule has 0 atom stereocenters. The molecule has 0 aliphatic carbocycles. The lowest BCUT2D eigenvalue weighted by Crippen LogP contribution is -2.30. The average molecular weight is 312 g/mol. The van der Waals surface area contributed by atoms with E-state index < -0.39 is 0 Å². The van der Waals surface area contributed by atoms with Gasteiger partial charge in [0.25, 0.3) is 5.56 Å². The first-order valence-corrected chi connectivity index (χ1v) is 6.51. The first-order chi connectivity index (χ1) is 9.72. The summed E-state index contributed by atoms with van der Waals surface area (Å²) >= 11 is 0. The van der Waals surface area contributed by atoms with Gasteiger partial charge >= 0.3 is 0 Å². The van der Waals surface area contributed by atoms with Gasteiger partial charge in [0, 0.05) is 13.0 Å². The molecule has 2 rings (SSSR count). The summed E-state index contributed by atoms with van der Waals surface area (Å²) in [5, 5.41) is 11.0. The number of nitrogens with zero attached hydrogens (tertiary/aromatic N) is 3. The Labute approximate surface area is 127 Å². The van der Waals surface area contributed by atoms with Crippen molar-refractivity contribution in [3.63, 3.8) is 0 Å². The molecule has 0 saturated heterocycles. The van der Waals surface area contributed by atoms with Crippen LogP contribution in [-0.4, -0.2) is 34.0 Å². The smallest absolute Gasteiger partial charge is 0.277 e. The van der Waals surface area contributed by atoms with Crippen molar-refractivity contribution >= 4 is 29.2 Å². The van der Waals surface area contributed by atoms with Gasteiger partial charge in [0.15, 0.2) is 0 Å². The molecular weight excluding hydrogens is 294 g/mol. The maximum absolute atomic E-state index is 12.1. The summed E-state index contributed by atoms with van der Waals surface area (Å²) in [6, 6.07) is 7.00. The Bertz CT molecular complexity index is 658. The Morgan fingerprint density at radius 3 is 2.86 bits per heavy atom. The number of amides is 1. The number of nitrogens with two attached hydrogens (primary N) is 1. The van der Waals surface area contributed by atoms with Crippen LogP contribution in [0.4, 0.5) is 0 Å². The van der Waals surface area contributed by atoms with Crippen molar-refractivity contribution in [1.29, 1.82) is 0 Å². The summed E-state index contributed by atoms with van der Waals surface area (Å²) < 4.78 is 1.21. The quantitative estimate of drug-likeness (QED) is 0.735. The van der Waals surface area contributed by atoms with Crippen LogP contribution in [0.5, 0.6) is 0 Å². The molecule has 0 radical (unpaired) electrons. The number of rotatable bonds is 6. The first-order valence-electron chi connectivity index (χ1n) is 6.51. The molecule has 0 unspecified atom stereocenters. The van der Waals surface area contributed by atoms with E-state index >= 15 is 0 Å². The van der Waals surface area contributed by atoms with Gasteiger partial charge in [-0.1, -0.05) is 17.3 Å². The summed E-state index contributed by atoms with van der Waals surface area (Å²) in [5.74, 6) is -0.125. The molecule has 1 aromatic heterocycles. The van der Waals surface area contributed by atoms with Crippen molar-refractivity contribution < 1.29 is 4.79 Å². The van der Waals surface area contributed by atoms with Crippen LogP contribution in [0.1, 0.15) is 12.8 Å². The molecule has 0 saturated carbocycles. The van der Waals surface area contributed by atoms with Crippen molar-refractivity contribution in [3.05, 3.63) is 34.6 Å². The number of carbonyl (C=O) groups is 1. The predicted octanol–water partition coefficient (Wildman–Crippen LogP) is 0.0684. The number of benzene rings is 1. The highest BCUT2D eigenvalue weighted by molar-refractivity contribution is 5.85. The van der Waals surface area contributed by atoms with Gasteiger partial charge in [-0.15, -0.1) is 17.5 Å². The van der Waals surface area contributed by atoms with Crippen molar-refractivity contribution in [3.8, 4) is 0 Å². The van der Waals surface area contributed by atoms with Crippen LogP contribution < -0.4 is 16.6 Å². The van der Waals surface area contributed by atoms with E-state index in [1.54, 1.807) is 24.3 Å². The van der Waals surface area contributed by atoms with Gasteiger partial charge in [-0.3, -0.25) is 9.59 Å². The molecule has 0 fully saturated rings. The molecule has 114 valence electrons. The molecule has 3 N–H and O–H groups in total. The zero-order valence-electron chi connectivity index (χ0n) is 11.5. The van der Waals surface area contributed by atoms with E-state index in [4.69, 9.17) is 5.73 Å². The average Bonchev–Trinajstić information content (AvgIpc) is 2.47. The Morgan fingerprint density at radius 2 is 2.10 bits per heavy atom. The van der Waals surface area contributed by atoms with Gasteiger partial charge in [-0.05, 0) is 25.1 Å². The molecule has 8 heteroatoms. The molecule has 7 nitrogen and oxygen atoms in total. The largest absolute Gasteiger partial charge is 0.356 e. The van der Waals surface area contributed by atoms with E-state index in [1.807, 2.05) is 0 Å². The van der Waals surface area contributed by atoms with Gasteiger partial charge in [-0.2, -0.15) is 0 Å². The number of carbonyl (C=O) groups excluding carboxylic acids is 1. The first kappa shape index (κ1) is 17.1. The number of halogens is 1. The van der Waals surface area contributed by atoms with Crippen LogP contribution in [-0.2, 0) is 11.3 Å². The van der Waals surface area contributed by atoms with Crippen LogP contribution in [0, 0.1) is 0 Å². The van der Waals surface area contributed by atoms with E-state index in [9.17, 15) is 9.59 Å². The molecular formula is C13H18ClN5O2. The Morgan fingerprint density at radius 1 is 1.33 bits per heavy atom. The lowest BCUT2D eigenvalue weighted by molar-refractivity contribution is -0.121. The molecule has 2 aromatic rings. The molecule has 21 heavy (non-hydrogen) atoms. The van der Waals surface area contributed by atoms with E-state index in [2.05, 4.69) is 15.6 Å². The zero-order chi connectivity index (χ0) is 14.4. The third-order valence-corrected chi connectivity index (χ3v) is 2.88. The fourth-order valence-electron chi connectivity index (χ4n) is 1.80. The van der Waals surface area contributed by atoms with E-state index in [0.717, 1.165) is 6.42 Å². The minimum Gasteiger partial charge on any atom is -0.356 e. The fraction of sp³-hybridized carbons (Fsp3) is 0.385. The third kappa shape index (κ3) is 4.51. The Kier molecular flexibility index (Phi) is 6.77. The molecule has 1 amide bonds. The number of aryl methyl sites for hydroxylation is 1. The van der Waals surface area contributed by atoms with Gasteiger partial charge in [0.05, 0.1) is 11.9 Å². The highest BCUT2D eigenvalue weighted by Crippen LogP contribution is 2.03. The van der Waals surface area contributed by atoms with Gasteiger partial charge in [-0.25, -0.2) is 4.68 Å². The lowest BCUT2D eigenvalue weighted by Gasteiger charge is -2.06. The monoisotopic (exact) mass is 311 g/mol. The zero-order valence-corrected chi connectivity index (χ0v) is 12.3. The van der Waals surface area contributed by atoms with Crippen molar-refractivity contribution in [1.82, 2.24) is 20.3 Å². The Hall–Kier alpha value is -1.99. The third-order valence-electron chi connectivity index (χ3n) is 2.88. The van der Waals surface area contributed by atoms with Crippen LogP contribution in [0.3, 0.4) is 0 Å². The maximum atomic E-state index is 12.1. The number of fused-ring (bicyclic) bond motifs is 1. The topological polar surface area (TPSA) is 103 Å². The van der Waals surface area contributed by atoms with E-state index in [1.165, 1.54) is 4.68 Å². The molecule has 0 aliphatic heterocycles. The van der Waals surface area contributed by atoms with Crippen LogP contribution >= 0.6 is 12.4 Å². The number of hydrogen-bond acceptors (Lipinski definition) is 5. The molecule has 1 aromatic carbocycles. The summed E-state index contributed by atoms with van der Waals surface area (Å²) in [6.45, 7) is 1.30. The molecule has 0 aliphatic rings. The second kappa shape index (κ2) is 8.33. The van der Waals surface area contributed by atoms with Gasteiger partial charge in [0.2, 0.25) is 5.91 Å². The molecule has 1 heterocycles. The standard InChI is InChI=1S/C13H17N5O2.ClH/c14-7-3-8-15-12(19)6-9-18-13(20)10-4-1-2-5-11(10)16-17-18;/h1-2,4-5H,3,6-9,14H2,(H,15,19);1H. The minimum absolute atomic E-state index is 0. The number of hydrogen-bond donors (Lipinski definition) is 2. The molecule has 0 spiro atoms. The summed E-state index contributed by atoms with van der Waals surface area (Å²) in [4.78, 5) is 23.7. The van der Waals surface area contributed by atoms with E-state index in [0.29, 0.717) is 24.0 Å².